The Labute approximate surface area is 88.7 Å². The van der Waals surface area contributed by atoms with Crippen molar-refractivity contribution in [2.24, 2.45) is 0 Å². The summed E-state index contributed by atoms with van der Waals surface area (Å²) in [6, 6.07) is 0. The van der Waals surface area contributed by atoms with Crippen molar-refractivity contribution in [3.63, 3.8) is 0 Å². The first kappa shape index (κ1) is 22.5. The van der Waals surface area contributed by atoms with Crippen LogP contribution in [0.4, 0.5) is 0 Å². The Kier molecular flexibility index (Phi) is 36.0. The molecule has 0 aromatic rings. The van der Waals surface area contributed by atoms with Gasteiger partial charge in [-0.2, -0.15) is 0 Å². The minimum atomic E-state index is -1.75. The first-order valence-electron chi connectivity index (χ1n) is 1.10. The largest absolute Gasteiger partial charge is 2.00 e. The van der Waals surface area contributed by atoms with Gasteiger partial charge in [0.05, 0.1) is 10.2 Å². The molecule has 0 aliphatic rings. The van der Waals surface area contributed by atoms with Gasteiger partial charge in [0, 0.05) is 0 Å². The average molecular weight is 212 g/mol. The molecule has 0 aromatic heterocycles. The van der Waals surface area contributed by atoms with Gasteiger partial charge >= 0.3 is 46.6 Å². The Morgan fingerprint density at radius 3 is 0.900 bits per heavy atom. The van der Waals surface area contributed by atoms with Gasteiger partial charge in [-0.05, 0) is 0 Å². The van der Waals surface area contributed by atoms with Gasteiger partial charge in [-0.1, -0.05) is 0 Å². The van der Waals surface area contributed by atoms with Crippen LogP contribution in [0, 0.1) is 30.6 Å². The molecule has 0 aromatic carbocycles. The molecule has 0 unspecified atom stereocenters. The second kappa shape index (κ2) is 16.0. The summed E-state index contributed by atoms with van der Waals surface area (Å²) in [5.41, 5.74) is 0. The second-order valence-corrected chi connectivity index (χ2v) is 0.447. The van der Waals surface area contributed by atoms with Crippen molar-refractivity contribution in [3.05, 3.63) is 30.6 Å². The topological polar surface area (TPSA) is 132 Å². The van der Waals surface area contributed by atoms with Gasteiger partial charge in [0.2, 0.25) is 0 Å². The van der Waals surface area contributed by atoms with Gasteiger partial charge in [0.15, 0.2) is 0 Å². The monoisotopic (exact) mass is 211 g/mol. The fraction of sp³-hybridized carbons (Fsp3) is 0. The van der Waals surface area contributed by atoms with E-state index >= 15 is 0 Å². The van der Waals surface area contributed by atoms with Crippen LogP contribution in [-0.2, 0) is 17.1 Å². The third-order valence-corrected chi connectivity index (χ3v) is 0. The molecule has 0 fully saturated rings. The van der Waals surface area contributed by atoms with E-state index in [1.165, 1.54) is 0 Å². The van der Waals surface area contributed by atoms with Crippen molar-refractivity contribution < 1.29 is 58.2 Å². The summed E-state index contributed by atoms with van der Waals surface area (Å²) >= 11 is 0. The van der Waals surface area contributed by atoms with Gasteiger partial charge in [-0.3, -0.25) is 0 Å². The van der Waals surface area contributed by atoms with E-state index < -0.39 is 10.2 Å². The van der Waals surface area contributed by atoms with E-state index in [2.05, 4.69) is 0 Å². The van der Waals surface area contributed by atoms with E-state index in [1.807, 2.05) is 0 Å². The van der Waals surface area contributed by atoms with Gasteiger partial charge in [-0.15, -0.1) is 0 Å². The van der Waals surface area contributed by atoms with E-state index in [0.29, 0.717) is 0 Å². The van der Waals surface area contributed by atoms with Gasteiger partial charge in [0.25, 0.3) is 0 Å². The van der Waals surface area contributed by atoms with Gasteiger partial charge < -0.3 is 32.1 Å². The van der Waals surface area contributed by atoms with Crippen molar-refractivity contribution in [2.75, 3.05) is 0 Å². The van der Waals surface area contributed by atoms with Gasteiger partial charge in [0.1, 0.15) is 0 Å². The Hall–Kier alpha value is -0.0805. The molecule has 0 aliphatic carbocycles. The molecule has 0 N–H and O–H groups in total. The summed E-state index contributed by atoms with van der Waals surface area (Å²) < 4.78 is 0. The minimum absolute atomic E-state index is 0. The number of nitrogens with zero attached hydrogens (tertiary/aromatic N) is 2. The molecule has 0 saturated carbocycles. The molecule has 10 heteroatoms. The fourth-order valence-corrected chi connectivity index (χ4v) is 0. The average Bonchev–Trinajstić information content (AvgIpc) is 1.25. The number of rotatable bonds is 0. The van der Waals surface area contributed by atoms with Crippen LogP contribution in [0.25, 0.3) is 0 Å². The molecular weight excluding hydrogens is 211 g/mol. The first-order valence-corrected chi connectivity index (χ1v) is 1.10. The van der Waals surface area contributed by atoms with Crippen LogP contribution < -0.4 is 29.6 Å². The zero-order chi connectivity index (χ0) is 7.15. The second-order valence-electron chi connectivity index (χ2n) is 0.447. The summed E-state index contributed by atoms with van der Waals surface area (Å²) in [7, 11) is 0. The summed E-state index contributed by atoms with van der Waals surface area (Å²) in [5, 5.41) is 29.5. The fourth-order valence-electron chi connectivity index (χ4n) is 0. The SMILES string of the molecule is O=[N+]([O-])[O-].O=[N+]([O-])[O-].[Cu+2].[H-].[Na+]. The third-order valence-electron chi connectivity index (χ3n) is 0. The molecular formula is HCuN2NaO6. The molecule has 0 heterocycles. The molecule has 59 valence electrons. The van der Waals surface area contributed by atoms with Crippen LogP contribution in [0.2, 0.25) is 0 Å². The van der Waals surface area contributed by atoms with Crippen LogP contribution >= 0.6 is 0 Å². The Bertz CT molecular complexity index is 78.6. The van der Waals surface area contributed by atoms with E-state index in [4.69, 9.17) is 30.6 Å². The Morgan fingerprint density at radius 1 is 0.900 bits per heavy atom. The molecule has 10 heavy (non-hydrogen) atoms. The standard InChI is InChI=1S/Cu.2NO3.Na.H/c;2*2-1(3)4;;/q+2;2*-1;+1;-1. The minimum Gasteiger partial charge on any atom is -1.00 e. The summed E-state index contributed by atoms with van der Waals surface area (Å²) in [4.78, 5) is 16.5. The Balaban J connectivity index is -0.0000000171. The molecule has 0 spiro atoms. The number of hydrogen-bond acceptors (Lipinski definition) is 6. The maximum Gasteiger partial charge on any atom is 2.00 e. The number of hydrogen-bond donors (Lipinski definition) is 0. The summed E-state index contributed by atoms with van der Waals surface area (Å²) in [6.07, 6.45) is 0. The zero-order valence-corrected chi connectivity index (χ0v) is 7.59. The van der Waals surface area contributed by atoms with Crippen LogP contribution in [-0.4, -0.2) is 10.2 Å². The van der Waals surface area contributed by atoms with E-state index in [9.17, 15) is 0 Å². The maximum atomic E-state index is 8.25. The maximum absolute atomic E-state index is 8.25. The van der Waals surface area contributed by atoms with Crippen molar-refractivity contribution >= 4 is 0 Å². The summed E-state index contributed by atoms with van der Waals surface area (Å²) in [6.45, 7) is 0. The van der Waals surface area contributed by atoms with Crippen LogP contribution in [0.3, 0.4) is 0 Å². The zero-order valence-electron chi connectivity index (χ0n) is 5.65. The predicted molar refractivity (Wildman–Crippen MR) is 21.8 cm³/mol. The molecule has 0 atom stereocenters. The van der Waals surface area contributed by atoms with Gasteiger partial charge in [-0.25, -0.2) is 0 Å². The summed E-state index contributed by atoms with van der Waals surface area (Å²) in [5.74, 6) is 0. The molecule has 0 bridgehead atoms. The van der Waals surface area contributed by atoms with Crippen LogP contribution in [0.15, 0.2) is 0 Å². The smallest absolute Gasteiger partial charge is 1.00 e. The molecule has 1 radical (unpaired) electrons. The van der Waals surface area contributed by atoms with E-state index in [-0.39, 0.29) is 48.1 Å². The van der Waals surface area contributed by atoms with E-state index in [1.54, 1.807) is 0 Å². The van der Waals surface area contributed by atoms with Crippen LogP contribution in [0.1, 0.15) is 1.43 Å². The molecule has 0 rings (SSSR count). The van der Waals surface area contributed by atoms with Crippen molar-refractivity contribution in [1.29, 1.82) is 0 Å². The molecule has 0 saturated heterocycles. The van der Waals surface area contributed by atoms with Crippen molar-refractivity contribution in [1.82, 2.24) is 0 Å². The van der Waals surface area contributed by atoms with Crippen molar-refractivity contribution in [3.8, 4) is 0 Å². The molecule has 0 amide bonds. The normalized spacial score (nSPS) is 4.80. The van der Waals surface area contributed by atoms with E-state index in [0.717, 1.165) is 0 Å². The molecule has 0 aliphatic heterocycles. The van der Waals surface area contributed by atoms with Crippen molar-refractivity contribution in [2.45, 2.75) is 0 Å². The van der Waals surface area contributed by atoms with Crippen LogP contribution in [0.5, 0.6) is 0 Å². The Morgan fingerprint density at radius 2 is 0.900 bits per heavy atom. The third kappa shape index (κ3) is 58500. The predicted octanol–water partition coefficient (Wildman–Crippen LogP) is -3.36. The first-order chi connectivity index (χ1) is 3.46. The molecule has 8 nitrogen and oxygen atoms in total. The quantitative estimate of drug-likeness (QED) is 0.233.